The van der Waals surface area contributed by atoms with E-state index < -0.39 is 0 Å². The van der Waals surface area contributed by atoms with E-state index in [1.807, 2.05) is 11.4 Å². The molecule has 1 saturated heterocycles. The SMILES string of the molecule is CN(CC(=O)N1CCC(CO)CC1)C(=O)c1cccs1. The first-order valence-electron chi connectivity index (χ1n) is 6.79. The molecule has 6 heteroatoms. The summed E-state index contributed by atoms with van der Waals surface area (Å²) in [7, 11) is 1.65. The highest BCUT2D eigenvalue weighted by atomic mass is 32.1. The van der Waals surface area contributed by atoms with Gasteiger partial charge < -0.3 is 14.9 Å². The number of rotatable bonds is 4. The molecule has 0 atom stereocenters. The molecule has 2 rings (SSSR count). The van der Waals surface area contributed by atoms with E-state index in [9.17, 15) is 9.59 Å². The Kier molecular flexibility index (Phi) is 5.14. The van der Waals surface area contributed by atoms with Gasteiger partial charge in [-0.1, -0.05) is 6.07 Å². The van der Waals surface area contributed by atoms with Crippen molar-refractivity contribution in [2.75, 3.05) is 33.3 Å². The number of aliphatic hydroxyl groups is 1. The zero-order chi connectivity index (χ0) is 14.5. The van der Waals surface area contributed by atoms with Gasteiger partial charge in [-0.25, -0.2) is 0 Å². The fourth-order valence-electron chi connectivity index (χ4n) is 2.33. The van der Waals surface area contributed by atoms with Gasteiger partial charge in [-0.15, -0.1) is 11.3 Å². The Morgan fingerprint density at radius 2 is 2.15 bits per heavy atom. The number of piperidine rings is 1. The molecule has 0 unspecified atom stereocenters. The number of hydrogen-bond acceptors (Lipinski definition) is 4. The zero-order valence-electron chi connectivity index (χ0n) is 11.6. The number of nitrogens with zero attached hydrogens (tertiary/aromatic N) is 2. The summed E-state index contributed by atoms with van der Waals surface area (Å²) in [5, 5.41) is 10.9. The van der Waals surface area contributed by atoms with Crippen LogP contribution in [-0.2, 0) is 4.79 Å². The van der Waals surface area contributed by atoms with Crippen molar-refractivity contribution in [1.29, 1.82) is 0 Å². The normalized spacial score (nSPS) is 16.2. The van der Waals surface area contributed by atoms with Gasteiger partial charge in [0.05, 0.1) is 11.4 Å². The first-order chi connectivity index (χ1) is 9.61. The standard InChI is InChI=1S/C14H20N2O3S/c1-15(14(19)12-3-2-8-20-12)9-13(18)16-6-4-11(10-17)5-7-16/h2-3,8,11,17H,4-7,9-10H2,1H3. The summed E-state index contributed by atoms with van der Waals surface area (Å²) in [6.45, 7) is 1.65. The van der Waals surface area contributed by atoms with Crippen LogP contribution in [0, 0.1) is 5.92 Å². The van der Waals surface area contributed by atoms with E-state index >= 15 is 0 Å². The van der Waals surface area contributed by atoms with Crippen molar-refractivity contribution < 1.29 is 14.7 Å². The predicted molar refractivity (Wildman–Crippen MR) is 77.7 cm³/mol. The van der Waals surface area contributed by atoms with E-state index in [4.69, 9.17) is 5.11 Å². The van der Waals surface area contributed by atoms with Crippen molar-refractivity contribution in [3.05, 3.63) is 22.4 Å². The molecule has 1 aliphatic rings. The largest absolute Gasteiger partial charge is 0.396 e. The molecule has 1 fully saturated rings. The first-order valence-corrected chi connectivity index (χ1v) is 7.67. The van der Waals surface area contributed by atoms with Gasteiger partial charge in [-0.05, 0) is 30.2 Å². The van der Waals surface area contributed by atoms with Crippen molar-refractivity contribution >= 4 is 23.2 Å². The number of likely N-dealkylation sites (tertiary alicyclic amines) is 1. The van der Waals surface area contributed by atoms with Crippen molar-refractivity contribution in [1.82, 2.24) is 9.80 Å². The van der Waals surface area contributed by atoms with Crippen LogP contribution in [0.4, 0.5) is 0 Å². The molecule has 110 valence electrons. The van der Waals surface area contributed by atoms with E-state index in [0.29, 0.717) is 23.9 Å². The van der Waals surface area contributed by atoms with Crippen molar-refractivity contribution in [2.24, 2.45) is 5.92 Å². The van der Waals surface area contributed by atoms with Crippen LogP contribution >= 0.6 is 11.3 Å². The summed E-state index contributed by atoms with van der Waals surface area (Å²) in [5.74, 6) is 0.178. The summed E-state index contributed by atoms with van der Waals surface area (Å²) in [6, 6.07) is 3.59. The first kappa shape index (κ1) is 15.0. The maximum absolute atomic E-state index is 12.2. The number of hydrogen-bond donors (Lipinski definition) is 1. The minimum Gasteiger partial charge on any atom is -0.396 e. The molecule has 2 amide bonds. The quantitative estimate of drug-likeness (QED) is 0.903. The van der Waals surface area contributed by atoms with Crippen LogP contribution in [-0.4, -0.2) is 60.0 Å². The Hall–Kier alpha value is -1.40. The monoisotopic (exact) mass is 296 g/mol. The van der Waals surface area contributed by atoms with E-state index in [1.54, 1.807) is 18.0 Å². The number of amides is 2. The highest BCUT2D eigenvalue weighted by Crippen LogP contribution is 2.17. The molecule has 0 saturated carbocycles. The van der Waals surface area contributed by atoms with Gasteiger partial charge >= 0.3 is 0 Å². The number of thiophene rings is 1. The molecule has 0 radical (unpaired) electrons. The molecule has 5 nitrogen and oxygen atoms in total. The van der Waals surface area contributed by atoms with Gasteiger partial charge in [-0.3, -0.25) is 9.59 Å². The highest BCUT2D eigenvalue weighted by Gasteiger charge is 2.24. The Morgan fingerprint density at radius 3 is 2.70 bits per heavy atom. The summed E-state index contributed by atoms with van der Waals surface area (Å²) in [5.41, 5.74) is 0. The van der Waals surface area contributed by atoms with Crippen LogP contribution in [0.5, 0.6) is 0 Å². The van der Waals surface area contributed by atoms with E-state index in [2.05, 4.69) is 0 Å². The minimum absolute atomic E-state index is 0.0196. The molecular weight excluding hydrogens is 276 g/mol. The minimum atomic E-state index is -0.112. The number of aliphatic hydroxyl groups excluding tert-OH is 1. The predicted octanol–water partition coefficient (Wildman–Crippen LogP) is 1.05. The molecule has 1 aromatic heterocycles. The van der Waals surface area contributed by atoms with Crippen LogP contribution in [0.2, 0.25) is 0 Å². The Morgan fingerprint density at radius 1 is 1.45 bits per heavy atom. The molecule has 0 spiro atoms. The molecule has 1 N–H and O–H groups in total. The summed E-state index contributed by atoms with van der Waals surface area (Å²) in [6.07, 6.45) is 1.68. The molecule has 1 aliphatic heterocycles. The maximum Gasteiger partial charge on any atom is 0.264 e. The third kappa shape index (κ3) is 3.58. The maximum atomic E-state index is 12.2. The van der Waals surface area contributed by atoms with Gasteiger partial charge in [0.15, 0.2) is 0 Å². The fraction of sp³-hybridized carbons (Fsp3) is 0.571. The van der Waals surface area contributed by atoms with Crippen LogP contribution in [0.15, 0.2) is 17.5 Å². The van der Waals surface area contributed by atoms with Gasteiger partial charge in [0, 0.05) is 26.7 Å². The molecule has 1 aromatic rings. The zero-order valence-corrected chi connectivity index (χ0v) is 12.4. The lowest BCUT2D eigenvalue weighted by atomic mass is 9.98. The molecule has 0 aromatic carbocycles. The van der Waals surface area contributed by atoms with Crippen molar-refractivity contribution in [3.8, 4) is 0 Å². The smallest absolute Gasteiger partial charge is 0.264 e. The van der Waals surface area contributed by atoms with E-state index in [1.165, 1.54) is 16.2 Å². The summed E-state index contributed by atoms with van der Waals surface area (Å²) < 4.78 is 0. The van der Waals surface area contributed by atoms with Gasteiger partial charge in [0.1, 0.15) is 0 Å². The molecular formula is C14H20N2O3S. The van der Waals surface area contributed by atoms with Crippen molar-refractivity contribution in [2.45, 2.75) is 12.8 Å². The topological polar surface area (TPSA) is 60.9 Å². The van der Waals surface area contributed by atoms with Crippen LogP contribution in [0.25, 0.3) is 0 Å². The third-order valence-electron chi connectivity index (χ3n) is 3.68. The number of carbonyl (C=O) groups excluding carboxylic acids is 2. The highest BCUT2D eigenvalue weighted by molar-refractivity contribution is 7.12. The van der Waals surface area contributed by atoms with Crippen LogP contribution < -0.4 is 0 Å². The van der Waals surface area contributed by atoms with Crippen LogP contribution in [0.1, 0.15) is 22.5 Å². The summed E-state index contributed by atoms with van der Waals surface area (Å²) in [4.78, 5) is 28.1. The van der Waals surface area contributed by atoms with Gasteiger partial charge in [0.2, 0.25) is 5.91 Å². The Bertz CT molecular complexity index is 453. The number of carbonyl (C=O) groups is 2. The average Bonchev–Trinajstić information content (AvgIpc) is 3.00. The lowest BCUT2D eigenvalue weighted by molar-refractivity contribution is -0.133. The van der Waals surface area contributed by atoms with Gasteiger partial charge in [-0.2, -0.15) is 0 Å². The van der Waals surface area contributed by atoms with E-state index in [-0.39, 0.29) is 25.0 Å². The van der Waals surface area contributed by atoms with E-state index in [0.717, 1.165) is 12.8 Å². The van der Waals surface area contributed by atoms with Crippen molar-refractivity contribution in [3.63, 3.8) is 0 Å². The number of likely N-dealkylation sites (N-methyl/N-ethyl adjacent to an activating group) is 1. The second-order valence-electron chi connectivity index (χ2n) is 5.15. The second kappa shape index (κ2) is 6.85. The lowest BCUT2D eigenvalue weighted by Crippen LogP contribution is -2.44. The lowest BCUT2D eigenvalue weighted by Gasteiger charge is -2.32. The average molecular weight is 296 g/mol. The summed E-state index contributed by atoms with van der Waals surface area (Å²) >= 11 is 1.38. The van der Waals surface area contributed by atoms with Crippen LogP contribution in [0.3, 0.4) is 0 Å². The molecule has 2 heterocycles. The molecule has 0 bridgehead atoms. The fourth-order valence-corrected chi connectivity index (χ4v) is 3.05. The Balaban J connectivity index is 1.84. The Labute approximate surface area is 122 Å². The van der Waals surface area contributed by atoms with Gasteiger partial charge in [0.25, 0.3) is 5.91 Å². The molecule has 20 heavy (non-hydrogen) atoms. The third-order valence-corrected chi connectivity index (χ3v) is 4.53. The molecule has 0 aliphatic carbocycles. The second-order valence-corrected chi connectivity index (χ2v) is 6.09.